The van der Waals surface area contributed by atoms with Crippen molar-refractivity contribution in [2.45, 2.75) is 18.7 Å². The summed E-state index contributed by atoms with van der Waals surface area (Å²) in [6, 6.07) is 0. The molecule has 84 valence electrons. The average molecular weight is 233 g/mol. The second-order valence-corrected chi connectivity index (χ2v) is 4.45. The number of carbonyl (C=O) groups is 1. The van der Waals surface area contributed by atoms with Crippen LogP contribution < -0.4 is 5.14 Å². The molecule has 7 heteroatoms. The summed E-state index contributed by atoms with van der Waals surface area (Å²) in [5, 5.41) is 4.97. The Morgan fingerprint density at radius 3 is 2.27 bits per heavy atom. The van der Waals surface area contributed by atoms with Crippen LogP contribution in [-0.4, -0.2) is 21.5 Å². The molecule has 0 bridgehead atoms. The van der Waals surface area contributed by atoms with Gasteiger partial charge in [-0.2, -0.15) is 0 Å². The Bertz CT molecular complexity index is 499. The summed E-state index contributed by atoms with van der Waals surface area (Å²) >= 11 is 0. The summed E-state index contributed by atoms with van der Waals surface area (Å²) in [5.41, 5.74) is -0.141. The monoisotopic (exact) mass is 233 g/mol. The number of ether oxygens (including phenoxy) is 1. The van der Waals surface area contributed by atoms with E-state index in [0.717, 1.165) is 7.11 Å². The van der Waals surface area contributed by atoms with Crippen molar-refractivity contribution in [1.82, 2.24) is 0 Å². The van der Waals surface area contributed by atoms with Crippen molar-refractivity contribution in [1.29, 1.82) is 0 Å². The minimum absolute atomic E-state index is 0.0791. The lowest BCUT2D eigenvalue weighted by molar-refractivity contribution is 0.0595. The minimum atomic E-state index is -3.99. The molecule has 0 aliphatic heterocycles. The van der Waals surface area contributed by atoms with E-state index in [9.17, 15) is 13.2 Å². The van der Waals surface area contributed by atoms with E-state index in [1.807, 2.05) is 0 Å². The van der Waals surface area contributed by atoms with Gasteiger partial charge in [-0.15, -0.1) is 0 Å². The molecule has 1 heterocycles. The number of sulfonamides is 1. The van der Waals surface area contributed by atoms with Crippen LogP contribution in [0.25, 0.3) is 0 Å². The molecule has 0 radical (unpaired) electrons. The maximum atomic E-state index is 11.3. The zero-order valence-corrected chi connectivity index (χ0v) is 9.34. The highest BCUT2D eigenvalue weighted by atomic mass is 32.2. The van der Waals surface area contributed by atoms with Crippen molar-refractivity contribution in [3.8, 4) is 0 Å². The van der Waals surface area contributed by atoms with Gasteiger partial charge in [0, 0.05) is 0 Å². The first kappa shape index (κ1) is 11.7. The van der Waals surface area contributed by atoms with Gasteiger partial charge in [0.05, 0.1) is 7.11 Å². The van der Waals surface area contributed by atoms with Crippen LogP contribution in [0.1, 0.15) is 21.9 Å². The molecule has 0 spiro atoms. The highest BCUT2D eigenvalue weighted by molar-refractivity contribution is 7.89. The standard InChI is InChI=1S/C8H11NO5S/c1-4-6(8(10)13-3)7(5(2)14-4)15(9,11)12/h1-3H3,(H2,9,11,12). The summed E-state index contributed by atoms with van der Waals surface area (Å²) in [4.78, 5) is 11.0. The van der Waals surface area contributed by atoms with Gasteiger partial charge in [0.15, 0.2) is 0 Å². The number of hydrogen-bond acceptors (Lipinski definition) is 5. The largest absolute Gasteiger partial charge is 0.465 e. The Morgan fingerprint density at radius 1 is 1.33 bits per heavy atom. The number of furan rings is 1. The number of aryl methyl sites for hydroxylation is 2. The topological polar surface area (TPSA) is 99.6 Å². The predicted molar refractivity (Wildman–Crippen MR) is 50.9 cm³/mol. The maximum Gasteiger partial charge on any atom is 0.342 e. The summed E-state index contributed by atoms with van der Waals surface area (Å²) in [6.45, 7) is 2.88. The van der Waals surface area contributed by atoms with E-state index >= 15 is 0 Å². The van der Waals surface area contributed by atoms with Crippen molar-refractivity contribution in [3.63, 3.8) is 0 Å². The molecule has 0 aliphatic rings. The van der Waals surface area contributed by atoms with Gasteiger partial charge in [0.25, 0.3) is 0 Å². The quantitative estimate of drug-likeness (QED) is 0.742. The molecule has 1 rings (SSSR count). The summed E-state index contributed by atoms with van der Waals surface area (Å²) in [7, 11) is -2.84. The lowest BCUT2D eigenvalue weighted by Gasteiger charge is -2.00. The molecule has 0 amide bonds. The number of nitrogens with two attached hydrogens (primary N) is 1. The predicted octanol–water partition coefficient (Wildman–Crippen LogP) is 0.330. The van der Waals surface area contributed by atoms with Crippen molar-refractivity contribution in [3.05, 3.63) is 17.1 Å². The lowest BCUT2D eigenvalue weighted by atomic mass is 10.2. The van der Waals surface area contributed by atoms with E-state index in [1.165, 1.54) is 13.8 Å². The van der Waals surface area contributed by atoms with E-state index in [0.29, 0.717) is 0 Å². The second-order valence-electron chi connectivity index (χ2n) is 2.96. The minimum Gasteiger partial charge on any atom is -0.465 e. The molecule has 0 saturated heterocycles. The highest BCUT2D eigenvalue weighted by Gasteiger charge is 2.28. The van der Waals surface area contributed by atoms with E-state index < -0.39 is 16.0 Å². The molecular weight excluding hydrogens is 222 g/mol. The van der Waals surface area contributed by atoms with Crippen LogP contribution in [0.5, 0.6) is 0 Å². The van der Waals surface area contributed by atoms with Gasteiger partial charge in [0.1, 0.15) is 22.0 Å². The molecule has 2 N–H and O–H groups in total. The van der Waals surface area contributed by atoms with Gasteiger partial charge in [0.2, 0.25) is 10.0 Å². The SMILES string of the molecule is COC(=O)c1c(C)oc(C)c1S(N)(=O)=O. The van der Waals surface area contributed by atoms with Gasteiger partial charge < -0.3 is 9.15 Å². The van der Waals surface area contributed by atoms with Gasteiger partial charge in [-0.25, -0.2) is 18.4 Å². The van der Waals surface area contributed by atoms with Gasteiger partial charge in [-0.3, -0.25) is 0 Å². The summed E-state index contributed by atoms with van der Waals surface area (Å²) in [6.07, 6.45) is 0. The molecule has 15 heavy (non-hydrogen) atoms. The molecule has 0 unspecified atom stereocenters. The van der Waals surface area contributed by atoms with Crippen molar-refractivity contribution >= 4 is 16.0 Å². The Balaban J connectivity index is 3.58. The first-order valence-electron chi connectivity index (χ1n) is 4.00. The second kappa shape index (κ2) is 3.67. The Labute approximate surface area is 87.1 Å². The maximum absolute atomic E-state index is 11.3. The third-order valence-electron chi connectivity index (χ3n) is 1.88. The van der Waals surface area contributed by atoms with E-state index in [4.69, 9.17) is 9.56 Å². The number of esters is 1. The number of primary sulfonamides is 1. The van der Waals surface area contributed by atoms with Crippen molar-refractivity contribution in [2.75, 3.05) is 7.11 Å². The normalized spacial score (nSPS) is 11.5. The molecule has 0 aliphatic carbocycles. The fourth-order valence-electron chi connectivity index (χ4n) is 1.34. The number of carbonyl (C=O) groups excluding carboxylic acids is 1. The first-order valence-corrected chi connectivity index (χ1v) is 5.54. The molecule has 0 saturated carbocycles. The molecule has 0 aromatic carbocycles. The van der Waals surface area contributed by atoms with Crippen LogP contribution in [0.3, 0.4) is 0 Å². The molecule has 1 aromatic rings. The van der Waals surface area contributed by atoms with Crippen LogP contribution in [-0.2, 0) is 14.8 Å². The molecule has 6 nitrogen and oxygen atoms in total. The smallest absolute Gasteiger partial charge is 0.342 e. The van der Waals surface area contributed by atoms with E-state index in [2.05, 4.69) is 4.74 Å². The zero-order chi connectivity index (χ0) is 11.8. The first-order chi connectivity index (χ1) is 6.79. The molecule has 0 fully saturated rings. The molecule has 0 atom stereocenters. The average Bonchev–Trinajstić information content (AvgIpc) is 2.38. The Morgan fingerprint density at radius 2 is 1.87 bits per heavy atom. The highest BCUT2D eigenvalue weighted by Crippen LogP contribution is 2.25. The summed E-state index contributed by atoms with van der Waals surface area (Å²) < 4.78 is 31.9. The Hall–Kier alpha value is -1.34. The van der Waals surface area contributed by atoms with Crippen molar-refractivity contribution < 1.29 is 22.4 Å². The third kappa shape index (κ3) is 2.02. The number of hydrogen-bond donors (Lipinski definition) is 1. The van der Waals surface area contributed by atoms with Crippen LogP contribution in [0.4, 0.5) is 0 Å². The third-order valence-corrected chi connectivity index (χ3v) is 2.94. The number of methoxy groups -OCH3 is 1. The fraction of sp³-hybridized carbons (Fsp3) is 0.375. The van der Waals surface area contributed by atoms with Crippen molar-refractivity contribution in [2.24, 2.45) is 5.14 Å². The van der Waals surface area contributed by atoms with Crippen LogP contribution >= 0.6 is 0 Å². The Kier molecular flexibility index (Phi) is 2.87. The molecule has 1 aromatic heterocycles. The fourth-order valence-corrected chi connectivity index (χ4v) is 2.30. The van der Waals surface area contributed by atoms with Gasteiger partial charge >= 0.3 is 5.97 Å². The van der Waals surface area contributed by atoms with Gasteiger partial charge in [-0.05, 0) is 13.8 Å². The zero-order valence-electron chi connectivity index (χ0n) is 8.53. The molecular formula is C8H11NO5S. The van der Waals surface area contributed by atoms with Crippen LogP contribution in [0.15, 0.2) is 9.31 Å². The van der Waals surface area contributed by atoms with E-state index in [1.54, 1.807) is 0 Å². The summed E-state index contributed by atoms with van der Waals surface area (Å²) in [5.74, 6) is -0.535. The lowest BCUT2D eigenvalue weighted by Crippen LogP contribution is -2.17. The number of rotatable bonds is 2. The van der Waals surface area contributed by atoms with Crippen LogP contribution in [0.2, 0.25) is 0 Å². The van der Waals surface area contributed by atoms with Gasteiger partial charge in [-0.1, -0.05) is 0 Å². The van der Waals surface area contributed by atoms with Crippen LogP contribution in [0, 0.1) is 13.8 Å². The van der Waals surface area contributed by atoms with E-state index in [-0.39, 0.29) is 22.0 Å².